The highest BCUT2D eigenvalue weighted by Gasteiger charge is 2.23. The molecule has 1 aromatic carbocycles. The van der Waals surface area contributed by atoms with E-state index in [1.807, 2.05) is 29.3 Å². The molecule has 0 radical (unpaired) electrons. The van der Waals surface area contributed by atoms with Gasteiger partial charge in [-0.3, -0.25) is 14.0 Å². The van der Waals surface area contributed by atoms with E-state index in [2.05, 4.69) is 10.1 Å². The van der Waals surface area contributed by atoms with Gasteiger partial charge in [0.25, 0.3) is 5.56 Å². The number of thiazole rings is 1. The number of amides is 1. The summed E-state index contributed by atoms with van der Waals surface area (Å²) in [4.78, 5) is 33.4. The van der Waals surface area contributed by atoms with Gasteiger partial charge in [0.2, 0.25) is 5.91 Å². The third-order valence-corrected chi connectivity index (χ3v) is 7.52. The zero-order chi connectivity index (χ0) is 23.3. The predicted molar refractivity (Wildman–Crippen MR) is 131 cm³/mol. The van der Waals surface area contributed by atoms with Crippen molar-refractivity contribution in [2.24, 2.45) is 0 Å². The number of carbonyl (C=O) groups excluding carboxylic acids is 1. The van der Waals surface area contributed by atoms with Crippen molar-refractivity contribution in [3.63, 3.8) is 0 Å². The van der Waals surface area contributed by atoms with E-state index >= 15 is 0 Å². The van der Waals surface area contributed by atoms with E-state index in [1.165, 1.54) is 11.3 Å². The first kappa shape index (κ1) is 22.1. The number of hydrogen-bond acceptors (Lipinski definition) is 5. The second kappa shape index (κ2) is 8.59. The number of fused-ring (bicyclic) bond motifs is 1. The summed E-state index contributed by atoms with van der Waals surface area (Å²) in [5, 5.41) is 7.41. The molecule has 0 N–H and O–H groups in total. The smallest absolute Gasteiger partial charge is 0.268 e. The molecule has 4 aromatic rings. The van der Waals surface area contributed by atoms with E-state index < -0.39 is 0 Å². The highest BCUT2D eigenvalue weighted by molar-refractivity contribution is 7.15. The summed E-state index contributed by atoms with van der Waals surface area (Å²) in [6.45, 7) is 5.27. The summed E-state index contributed by atoms with van der Waals surface area (Å²) in [5.74, 6) is 0.0426. The highest BCUT2D eigenvalue weighted by atomic mass is 35.5. The Balaban J connectivity index is 1.58. The van der Waals surface area contributed by atoms with Crippen LogP contribution in [0.3, 0.4) is 0 Å². The Kier molecular flexibility index (Phi) is 5.76. The van der Waals surface area contributed by atoms with Gasteiger partial charge in [-0.1, -0.05) is 23.2 Å². The van der Waals surface area contributed by atoms with E-state index in [0.29, 0.717) is 37.7 Å². The third-order valence-electron chi connectivity index (χ3n) is 5.90. The van der Waals surface area contributed by atoms with Crippen LogP contribution in [0.2, 0.25) is 10.0 Å². The van der Waals surface area contributed by atoms with Crippen LogP contribution in [0.5, 0.6) is 0 Å². The maximum atomic E-state index is 13.6. The fraction of sp³-hybridized carbons (Fsp3) is 0.304. The Hall–Kier alpha value is -2.68. The summed E-state index contributed by atoms with van der Waals surface area (Å²) in [5.41, 5.74) is 3.55. The van der Waals surface area contributed by atoms with Gasteiger partial charge in [-0.15, -0.1) is 11.3 Å². The fourth-order valence-corrected chi connectivity index (χ4v) is 5.45. The Morgan fingerprint density at radius 2 is 1.88 bits per heavy atom. The molecule has 4 heterocycles. The lowest BCUT2D eigenvalue weighted by atomic mass is 10.1. The van der Waals surface area contributed by atoms with Crippen molar-refractivity contribution in [1.82, 2.24) is 24.1 Å². The van der Waals surface area contributed by atoms with Gasteiger partial charge in [0.1, 0.15) is 5.69 Å². The lowest BCUT2D eigenvalue weighted by molar-refractivity contribution is -0.129. The SMILES string of the molecule is Cc1nc2scc(CC(=O)N3CCCC3)n2c(=O)c1-c1cc(C)n(-c2ccc(Cl)c(Cl)c2)n1. The highest BCUT2D eigenvalue weighted by Crippen LogP contribution is 2.27. The maximum absolute atomic E-state index is 13.6. The molecule has 1 fully saturated rings. The average Bonchev–Trinajstić information content (AvgIpc) is 3.51. The molecule has 1 amide bonds. The Labute approximate surface area is 204 Å². The van der Waals surface area contributed by atoms with Crippen LogP contribution in [0.4, 0.5) is 0 Å². The number of nitrogens with zero attached hydrogens (tertiary/aromatic N) is 5. The van der Waals surface area contributed by atoms with Crippen LogP contribution in [-0.4, -0.2) is 43.1 Å². The molecule has 33 heavy (non-hydrogen) atoms. The molecule has 0 bridgehead atoms. The lowest BCUT2D eigenvalue weighted by Crippen LogP contribution is -2.30. The second-order valence-electron chi connectivity index (χ2n) is 8.17. The van der Waals surface area contributed by atoms with Gasteiger partial charge in [0.05, 0.1) is 33.4 Å². The number of aryl methyl sites for hydroxylation is 2. The van der Waals surface area contributed by atoms with Crippen LogP contribution >= 0.6 is 34.5 Å². The minimum atomic E-state index is -0.221. The van der Waals surface area contributed by atoms with Crippen molar-refractivity contribution in [3.05, 3.63) is 67.1 Å². The first-order chi connectivity index (χ1) is 15.8. The minimum Gasteiger partial charge on any atom is -0.342 e. The van der Waals surface area contributed by atoms with Crippen molar-refractivity contribution in [2.75, 3.05) is 13.1 Å². The molecule has 0 saturated carbocycles. The van der Waals surface area contributed by atoms with Crippen LogP contribution in [0.15, 0.2) is 34.4 Å². The van der Waals surface area contributed by atoms with Gasteiger partial charge < -0.3 is 4.90 Å². The molecular formula is C23H21Cl2N5O2S. The summed E-state index contributed by atoms with van der Waals surface area (Å²) >= 11 is 13.6. The number of likely N-dealkylation sites (tertiary alicyclic amines) is 1. The van der Waals surface area contributed by atoms with E-state index in [-0.39, 0.29) is 17.9 Å². The van der Waals surface area contributed by atoms with E-state index in [4.69, 9.17) is 23.2 Å². The zero-order valence-electron chi connectivity index (χ0n) is 18.1. The topological polar surface area (TPSA) is 72.5 Å². The normalized spacial score (nSPS) is 13.9. The molecule has 7 nitrogen and oxygen atoms in total. The molecule has 0 atom stereocenters. The standard InChI is InChI=1S/C23H21Cl2N5O2S/c1-13-9-19(27-30(13)15-5-6-17(24)18(25)10-15)21-14(2)26-23-29(22(21)32)16(12-33-23)11-20(31)28-7-3-4-8-28/h5-6,9-10,12H,3-4,7-8,11H2,1-2H3. The van der Waals surface area contributed by atoms with E-state index in [9.17, 15) is 9.59 Å². The van der Waals surface area contributed by atoms with E-state index in [0.717, 1.165) is 37.3 Å². The van der Waals surface area contributed by atoms with Crippen molar-refractivity contribution in [3.8, 4) is 16.9 Å². The summed E-state index contributed by atoms with van der Waals surface area (Å²) in [7, 11) is 0. The Morgan fingerprint density at radius 3 is 2.61 bits per heavy atom. The number of rotatable bonds is 4. The average molecular weight is 502 g/mol. The van der Waals surface area contributed by atoms with Crippen molar-refractivity contribution in [2.45, 2.75) is 33.1 Å². The first-order valence-electron chi connectivity index (χ1n) is 10.6. The summed E-state index contributed by atoms with van der Waals surface area (Å²) < 4.78 is 3.27. The molecule has 1 aliphatic rings. The molecule has 5 rings (SSSR count). The number of halogens is 2. The molecule has 0 unspecified atom stereocenters. The van der Waals surface area contributed by atoms with Gasteiger partial charge in [0.15, 0.2) is 4.96 Å². The molecule has 170 valence electrons. The predicted octanol–water partition coefficient (Wildman–Crippen LogP) is 4.70. The molecule has 1 saturated heterocycles. The second-order valence-corrected chi connectivity index (χ2v) is 9.82. The van der Waals surface area contributed by atoms with Crippen LogP contribution < -0.4 is 5.56 Å². The first-order valence-corrected chi connectivity index (χ1v) is 12.3. The monoisotopic (exact) mass is 501 g/mol. The molecule has 0 aliphatic carbocycles. The summed E-state index contributed by atoms with van der Waals surface area (Å²) in [6.07, 6.45) is 2.24. The van der Waals surface area contributed by atoms with Crippen LogP contribution in [0.25, 0.3) is 21.9 Å². The van der Waals surface area contributed by atoms with Crippen LogP contribution in [-0.2, 0) is 11.2 Å². The molecule has 10 heteroatoms. The molecule has 3 aromatic heterocycles. The number of carbonyl (C=O) groups is 1. The maximum Gasteiger partial charge on any atom is 0.268 e. The van der Waals surface area contributed by atoms with Gasteiger partial charge in [0, 0.05) is 29.9 Å². The van der Waals surface area contributed by atoms with Gasteiger partial charge in [-0.05, 0) is 51.0 Å². The summed E-state index contributed by atoms with van der Waals surface area (Å²) in [6, 6.07) is 7.11. The van der Waals surface area contributed by atoms with Gasteiger partial charge >= 0.3 is 0 Å². The van der Waals surface area contributed by atoms with Gasteiger partial charge in [-0.2, -0.15) is 5.10 Å². The van der Waals surface area contributed by atoms with Crippen molar-refractivity contribution in [1.29, 1.82) is 0 Å². The fourth-order valence-electron chi connectivity index (χ4n) is 4.23. The van der Waals surface area contributed by atoms with Crippen LogP contribution in [0.1, 0.15) is 29.9 Å². The lowest BCUT2D eigenvalue weighted by Gasteiger charge is -2.14. The van der Waals surface area contributed by atoms with Crippen molar-refractivity contribution < 1.29 is 4.79 Å². The largest absolute Gasteiger partial charge is 0.342 e. The van der Waals surface area contributed by atoms with Gasteiger partial charge in [-0.25, -0.2) is 9.67 Å². The van der Waals surface area contributed by atoms with Crippen LogP contribution in [0, 0.1) is 13.8 Å². The zero-order valence-corrected chi connectivity index (χ0v) is 20.5. The quantitative estimate of drug-likeness (QED) is 0.406. The number of hydrogen-bond donors (Lipinski definition) is 0. The molecule has 1 aliphatic heterocycles. The van der Waals surface area contributed by atoms with E-state index in [1.54, 1.807) is 28.1 Å². The third kappa shape index (κ3) is 3.96. The number of benzene rings is 1. The van der Waals surface area contributed by atoms with Crippen molar-refractivity contribution >= 4 is 45.4 Å². The Bertz CT molecular complexity index is 1450. The Morgan fingerprint density at radius 1 is 1.12 bits per heavy atom. The minimum absolute atomic E-state index is 0.0426. The number of aromatic nitrogens is 4. The molecule has 0 spiro atoms. The molecular weight excluding hydrogens is 481 g/mol.